The second-order valence-corrected chi connectivity index (χ2v) is 7.55. The van der Waals surface area contributed by atoms with E-state index < -0.39 is 0 Å². The molecular formula is C22H25NO3. The van der Waals surface area contributed by atoms with Gasteiger partial charge in [0.1, 0.15) is 0 Å². The molecule has 0 fully saturated rings. The Kier molecular flexibility index (Phi) is 5.03. The van der Waals surface area contributed by atoms with Crippen LogP contribution in [0.25, 0.3) is 6.08 Å². The second kappa shape index (κ2) is 7.24. The Morgan fingerprint density at radius 1 is 1.08 bits per heavy atom. The summed E-state index contributed by atoms with van der Waals surface area (Å²) in [5.41, 5.74) is 3.38. The Balaban J connectivity index is 1.60. The first-order chi connectivity index (χ1) is 12.3. The minimum atomic E-state index is -0.130. The van der Waals surface area contributed by atoms with E-state index in [1.165, 1.54) is 11.6 Å². The molecule has 0 aliphatic carbocycles. The summed E-state index contributed by atoms with van der Waals surface area (Å²) >= 11 is 0. The Morgan fingerprint density at radius 3 is 2.46 bits per heavy atom. The smallest absolute Gasteiger partial charge is 0.244 e. The Hall–Kier alpha value is -2.75. The van der Waals surface area contributed by atoms with Crippen LogP contribution in [-0.2, 0) is 10.2 Å². The largest absolute Gasteiger partial charge is 0.454 e. The zero-order valence-electron chi connectivity index (χ0n) is 15.7. The van der Waals surface area contributed by atoms with E-state index >= 15 is 0 Å². The molecule has 1 aliphatic rings. The molecule has 0 saturated carbocycles. The van der Waals surface area contributed by atoms with Gasteiger partial charge in [-0.05, 0) is 47.2 Å². The molecule has 4 heteroatoms. The summed E-state index contributed by atoms with van der Waals surface area (Å²) < 4.78 is 10.6. The molecule has 136 valence electrons. The Morgan fingerprint density at radius 2 is 1.77 bits per heavy atom. The van der Waals surface area contributed by atoms with Gasteiger partial charge < -0.3 is 14.8 Å². The second-order valence-electron chi connectivity index (χ2n) is 7.55. The quantitative estimate of drug-likeness (QED) is 0.819. The van der Waals surface area contributed by atoms with Crippen LogP contribution in [0.4, 0.5) is 0 Å². The molecule has 1 atom stereocenters. The first-order valence-electron chi connectivity index (χ1n) is 8.81. The molecule has 1 amide bonds. The van der Waals surface area contributed by atoms with Crippen molar-refractivity contribution in [1.82, 2.24) is 5.32 Å². The number of benzene rings is 2. The maximum atomic E-state index is 12.2. The Labute approximate surface area is 154 Å². The van der Waals surface area contributed by atoms with Crippen LogP contribution in [0.1, 0.15) is 50.4 Å². The molecule has 1 heterocycles. The summed E-state index contributed by atoms with van der Waals surface area (Å²) in [6, 6.07) is 13.9. The van der Waals surface area contributed by atoms with E-state index in [9.17, 15) is 4.79 Å². The van der Waals surface area contributed by atoms with Crippen LogP contribution < -0.4 is 14.8 Å². The highest BCUT2D eigenvalue weighted by molar-refractivity contribution is 5.92. The van der Waals surface area contributed by atoms with E-state index in [-0.39, 0.29) is 24.2 Å². The van der Waals surface area contributed by atoms with Gasteiger partial charge in [0.25, 0.3) is 0 Å². The number of ether oxygens (including phenoxy) is 2. The molecule has 0 bridgehead atoms. The third kappa shape index (κ3) is 4.26. The van der Waals surface area contributed by atoms with Crippen molar-refractivity contribution in [3.05, 3.63) is 65.2 Å². The fraction of sp³-hybridized carbons (Fsp3) is 0.318. The lowest BCUT2D eigenvalue weighted by atomic mass is 9.86. The Bertz CT molecular complexity index is 816. The molecule has 0 unspecified atom stereocenters. The molecule has 0 aromatic heterocycles. The SMILES string of the molecule is C[C@@H](NC(=O)/C=C/c1ccc2c(c1)OCO2)c1ccc(C(C)(C)C)cc1. The average Bonchev–Trinajstić information content (AvgIpc) is 3.07. The van der Waals surface area contributed by atoms with Crippen LogP contribution in [0.15, 0.2) is 48.5 Å². The molecule has 1 N–H and O–H groups in total. The number of carbonyl (C=O) groups excluding carboxylic acids is 1. The lowest BCUT2D eigenvalue weighted by Crippen LogP contribution is -2.24. The number of hydrogen-bond acceptors (Lipinski definition) is 3. The highest BCUT2D eigenvalue weighted by Crippen LogP contribution is 2.32. The predicted octanol–water partition coefficient (Wildman–Crippen LogP) is 4.60. The zero-order chi connectivity index (χ0) is 18.7. The fourth-order valence-electron chi connectivity index (χ4n) is 2.81. The number of carbonyl (C=O) groups is 1. The lowest BCUT2D eigenvalue weighted by Gasteiger charge is -2.20. The van der Waals surface area contributed by atoms with Gasteiger partial charge in [-0.25, -0.2) is 0 Å². The van der Waals surface area contributed by atoms with Gasteiger partial charge >= 0.3 is 0 Å². The number of rotatable bonds is 4. The first-order valence-corrected chi connectivity index (χ1v) is 8.81. The topological polar surface area (TPSA) is 47.6 Å². The van der Waals surface area contributed by atoms with Gasteiger partial charge in [0.05, 0.1) is 6.04 Å². The first kappa shape index (κ1) is 18.1. The van der Waals surface area contributed by atoms with Crippen molar-refractivity contribution in [3.8, 4) is 11.5 Å². The van der Waals surface area contributed by atoms with Crippen molar-refractivity contribution < 1.29 is 14.3 Å². The third-order valence-electron chi connectivity index (χ3n) is 4.46. The van der Waals surface area contributed by atoms with Gasteiger partial charge in [0.15, 0.2) is 11.5 Å². The van der Waals surface area contributed by atoms with Crippen molar-refractivity contribution in [3.63, 3.8) is 0 Å². The van der Waals surface area contributed by atoms with E-state index in [1.807, 2.05) is 25.1 Å². The lowest BCUT2D eigenvalue weighted by molar-refractivity contribution is -0.117. The van der Waals surface area contributed by atoms with E-state index in [0.29, 0.717) is 5.75 Å². The predicted molar refractivity (Wildman–Crippen MR) is 103 cm³/mol. The van der Waals surface area contributed by atoms with Gasteiger partial charge in [0, 0.05) is 6.08 Å². The van der Waals surface area contributed by atoms with Crippen molar-refractivity contribution in [2.45, 2.75) is 39.2 Å². The monoisotopic (exact) mass is 351 g/mol. The molecule has 0 spiro atoms. The van der Waals surface area contributed by atoms with E-state index in [1.54, 1.807) is 6.08 Å². The van der Waals surface area contributed by atoms with Crippen molar-refractivity contribution in [1.29, 1.82) is 0 Å². The minimum absolute atomic E-state index is 0.0575. The van der Waals surface area contributed by atoms with Crippen LogP contribution >= 0.6 is 0 Å². The van der Waals surface area contributed by atoms with Crippen LogP contribution in [0.5, 0.6) is 11.5 Å². The zero-order valence-corrected chi connectivity index (χ0v) is 15.7. The van der Waals surface area contributed by atoms with Gasteiger partial charge in [-0.3, -0.25) is 4.79 Å². The van der Waals surface area contributed by atoms with E-state index in [4.69, 9.17) is 9.47 Å². The molecular weight excluding hydrogens is 326 g/mol. The fourth-order valence-corrected chi connectivity index (χ4v) is 2.81. The molecule has 26 heavy (non-hydrogen) atoms. The van der Waals surface area contributed by atoms with Crippen LogP contribution in [0.2, 0.25) is 0 Å². The van der Waals surface area contributed by atoms with E-state index in [0.717, 1.165) is 16.9 Å². The van der Waals surface area contributed by atoms with Crippen molar-refractivity contribution in [2.24, 2.45) is 0 Å². The summed E-state index contributed by atoms with van der Waals surface area (Å²) in [6.45, 7) is 8.79. The van der Waals surface area contributed by atoms with Crippen LogP contribution in [-0.4, -0.2) is 12.7 Å². The molecule has 4 nitrogen and oxygen atoms in total. The summed E-state index contributed by atoms with van der Waals surface area (Å²) in [6.07, 6.45) is 3.31. The summed E-state index contributed by atoms with van der Waals surface area (Å²) in [5.74, 6) is 1.31. The maximum absolute atomic E-state index is 12.2. The number of nitrogens with one attached hydrogen (secondary N) is 1. The molecule has 0 radical (unpaired) electrons. The van der Waals surface area contributed by atoms with Gasteiger partial charge in [0.2, 0.25) is 12.7 Å². The molecule has 3 rings (SSSR count). The van der Waals surface area contributed by atoms with Crippen molar-refractivity contribution in [2.75, 3.05) is 6.79 Å². The van der Waals surface area contributed by atoms with E-state index in [2.05, 4.69) is 50.4 Å². The summed E-state index contributed by atoms with van der Waals surface area (Å²) in [4.78, 5) is 12.2. The maximum Gasteiger partial charge on any atom is 0.244 e. The molecule has 2 aromatic rings. The molecule has 0 saturated heterocycles. The van der Waals surface area contributed by atoms with Gasteiger partial charge in [-0.2, -0.15) is 0 Å². The summed E-state index contributed by atoms with van der Waals surface area (Å²) in [5, 5.41) is 3.00. The minimum Gasteiger partial charge on any atom is -0.454 e. The normalized spacial score (nSPS) is 14.5. The summed E-state index contributed by atoms with van der Waals surface area (Å²) in [7, 11) is 0. The molecule has 2 aromatic carbocycles. The van der Waals surface area contributed by atoms with Gasteiger partial charge in [-0.1, -0.05) is 51.1 Å². The molecule has 1 aliphatic heterocycles. The number of fused-ring (bicyclic) bond motifs is 1. The third-order valence-corrected chi connectivity index (χ3v) is 4.46. The van der Waals surface area contributed by atoms with Crippen LogP contribution in [0, 0.1) is 0 Å². The highest BCUT2D eigenvalue weighted by atomic mass is 16.7. The van der Waals surface area contributed by atoms with Gasteiger partial charge in [-0.15, -0.1) is 0 Å². The van der Waals surface area contributed by atoms with Crippen molar-refractivity contribution >= 4 is 12.0 Å². The standard InChI is InChI=1S/C22H25NO3/c1-15(17-7-9-18(10-8-17)22(2,3)4)23-21(24)12-6-16-5-11-19-20(13-16)26-14-25-19/h5-13,15H,14H2,1-4H3,(H,23,24)/b12-6+/t15-/m1/s1. The average molecular weight is 351 g/mol. The highest BCUT2D eigenvalue weighted by Gasteiger charge is 2.15. The van der Waals surface area contributed by atoms with Crippen LogP contribution in [0.3, 0.4) is 0 Å². The number of hydrogen-bond donors (Lipinski definition) is 1. The number of amides is 1.